The van der Waals surface area contributed by atoms with Gasteiger partial charge in [0.2, 0.25) is 0 Å². The zero-order valence-corrected chi connectivity index (χ0v) is 19.1. The average molecular weight is 461 g/mol. The number of aryl methyl sites for hydroxylation is 2. The van der Waals surface area contributed by atoms with Crippen molar-refractivity contribution in [3.8, 4) is 0 Å². The highest BCUT2D eigenvalue weighted by Crippen LogP contribution is 2.40. The van der Waals surface area contributed by atoms with E-state index in [1.165, 1.54) is 5.56 Å². The maximum absolute atomic E-state index is 12.4. The second-order valence-electron chi connectivity index (χ2n) is 7.92. The van der Waals surface area contributed by atoms with Gasteiger partial charge in [-0.25, -0.2) is 4.79 Å². The molecule has 1 aliphatic heterocycles. The molecule has 0 spiro atoms. The van der Waals surface area contributed by atoms with Crippen molar-refractivity contribution >= 4 is 27.6 Å². The Bertz CT molecular complexity index is 862. The summed E-state index contributed by atoms with van der Waals surface area (Å²) in [5, 5.41) is 10.8. The molecule has 3 rings (SSSR count). The molecule has 0 radical (unpaired) electrons. The third kappa shape index (κ3) is 4.81. The van der Waals surface area contributed by atoms with E-state index in [9.17, 15) is 9.90 Å². The van der Waals surface area contributed by atoms with Crippen LogP contribution >= 0.6 is 15.9 Å². The van der Waals surface area contributed by atoms with E-state index in [1.807, 2.05) is 19.9 Å². The van der Waals surface area contributed by atoms with Crippen LogP contribution in [0.25, 0.3) is 0 Å². The molecule has 0 amide bonds. The lowest BCUT2D eigenvalue weighted by Crippen LogP contribution is -2.35. The fourth-order valence-electron chi connectivity index (χ4n) is 4.03. The Balaban J connectivity index is 1.90. The van der Waals surface area contributed by atoms with E-state index in [4.69, 9.17) is 4.74 Å². The average Bonchev–Trinajstić information content (AvgIpc) is 2.70. The second-order valence-corrected chi connectivity index (χ2v) is 8.71. The number of piperidine rings is 1. The summed E-state index contributed by atoms with van der Waals surface area (Å²) in [4.78, 5) is 19.2. The van der Waals surface area contributed by atoms with E-state index >= 15 is 0 Å². The first-order valence-electron chi connectivity index (χ1n) is 10.1. The van der Waals surface area contributed by atoms with Crippen LogP contribution in [0.1, 0.15) is 61.2 Å². The number of pyridine rings is 1. The number of hydrogen-bond donors (Lipinski definition) is 1. The molecule has 1 atom stereocenters. The molecule has 2 aromatic rings. The zero-order valence-electron chi connectivity index (χ0n) is 17.5. The Labute approximate surface area is 181 Å². The molecule has 1 aliphatic rings. The fourth-order valence-corrected chi connectivity index (χ4v) is 4.59. The number of benzene rings is 1. The van der Waals surface area contributed by atoms with E-state index < -0.39 is 12.1 Å². The van der Waals surface area contributed by atoms with Gasteiger partial charge in [-0.2, -0.15) is 0 Å². The molecule has 1 aromatic carbocycles. The number of anilines is 1. The molecule has 1 fully saturated rings. The van der Waals surface area contributed by atoms with E-state index in [0.29, 0.717) is 17.2 Å². The standard InChI is InChI=1S/C23H29BrN2O3/c1-14(2)29-23(28)22(27)19-15(3)25-16(4)20(24)21(19)26-12-10-18(11-13-26)17-8-6-5-7-9-17/h5-9,14,18,22,27H,10-13H2,1-4H3. The second kappa shape index (κ2) is 9.26. The van der Waals surface area contributed by atoms with Crippen molar-refractivity contribution in [2.75, 3.05) is 18.0 Å². The highest BCUT2D eigenvalue weighted by atomic mass is 79.9. The van der Waals surface area contributed by atoms with Crippen LogP contribution in [0, 0.1) is 13.8 Å². The number of aliphatic hydroxyl groups is 1. The molecular formula is C23H29BrN2O3. The molecule has 1 N–H and O–H groups in total. The van der Waals surface area contributed by atoms with Crippen molar-refractivity contribution < 1.29 is 14.6 Å². The number of aromatic nitrogens is 1. The molecule has 1 aromatic heterocycles. The Kier molecular flexibility index (Phi) is 6.96. The molecule has 1 saturated heterocycles. The number of carbonyl (C=O) groups is 1. The van der Waals surface area contributed by atoms with Gasteiger partial charge < -0.3 is 14.7 Å². The predicted octanol–water partition coefficient (Wildman–Crippen LogP) is 4.83. The fraction of sp³-hybridized carbons (Fsp3) is 0.478. The van der Waals surface area contributed by atoms with Gasteiger partial charge in [0, 0.05) is 24.3 Å². The van der Waals surface area contributed by atoms with Gasteiger partial charge in [0.05, 0.1) is 22.0 Å². The van der Waals surface area contributed by atoms with E-state index in [0.717, 1.165) is 41.8 Å². The lowest BCUT2D eigenvalue weighted by Gasteiger charge is -2.36. The molecule has 156 valence electrons. The first-order chi connectivity index (χ1) is 13.8. The topological polar surface area (TPSA) is 62.7 Å². The third-order valence-corrected chi connectivity index (χ3v) is 6.39. The number of esters is 1. The molecule has 5 nitrogen and oxygen atoms in total. The van der Waals surface area contributed by atoms with Gasteiger partial charge >= 0.3 is 5.97 Å². The minimum absolute atomic E-state index is 0.288. The maximum Gasteiger partial charge on any atom is 0.340 e. The van der Waals surface area contributed by atoms with Gasteiger partial charge in [0.25, 0.3) is 0 Å². The summed E-state index contributed by atoms with van der Waals surface area (Å²) < 4.78 is 6.08. The van der Waals surface area contributed by atoms with Crippen LogP contribution in [-0.2, 0) is 9.53 Å². The number of nitrogens with zero attached hydrogens (tertiary/aromatic N) is 2. The number of hydrogen-bond acceptors (Lipinski definition) is 5. The molecule has 6 heteroatoms. The minimum atomic E-state index is -1.36. The maximum atomic E-state index is 12.4. The minimum Gasteiger partial charge on any atom is -0.461 e. The van der Waals surface area contributed by atoms with Crippen LogP contribution in [0.4, 0.5) is 5.69 Å². The predicted molar refractivity (Wildman–Crippen MR) is 118 cm³/mol. The smallest absolute Gasteiger partial charge is 0.340 e. The van der Waals surface area contributed by atoms with Gasteiger partial charge in [-0.15, -0.1) is 0 Å². The third-order valence-electron chi connectivity index (χ3n) is 5.44. The lowest BCUT2D eigenvalue weighted by molar-refractivity contribution is -0.157. The van der Waals surface area contributed by atoms with E-state index in [-0.39, 0.29) is 6.10 Å². The molecule has 0 saturated carbocycles. The number of ether oxygens (including phenoxy) is 1. The SMILES string of the molecule is Cc1nc(C)c(C(O)C(=O)OC(C)C)c(N2CCC(c3ccccc3)CC2)c1Br. The summed E-state index contributed by atoms with van der Waals surface area (Å²) in [5.74, 6) is -0.115. The van der Waals surface area contributed by atoms with E-state index in [2.05, 4.69) is 50.1 Å². The highest BCUT2D eigenvalue weighted by Gasteiger charge is 2.32. The Hall–Kier alpha value is -1.92. The van der Waals surface area contributed by atoms with Crippen LogP contribution in [0.2, 0.25) is 0 Å². The lowest BCUT2D eigenvalue weighted by atomic mass is 9.89. The van der Waals surface area contributed by atoms with Crippen LogP contribution in [0.15, 0.2) is 34.8 Å². The van der Waals surface area contributed by atoms with Crippen LogP contribution < -0.4 is 4.90 Å². The van der Waals surface area contributed by atoms with Crippen molar-refractivity contribution in [3.05, 3.63) is 57.3 Å². The summed E-state index contributed by atoms with van der Waals surface area (Å²) in [6.45, 7) is 9.01. The van der Waals surface area contributed by atoms with Gasteiger partial charge in [0.15, 0.2) is 6.10 Å². The quantitative estimate of drug-likeness (QED) is 0.647. The Morgan fingerprint density at radius 3 is 2.38 bits per heavy atom. The van der Waals surface area contributed by atoms with Gasteiger partial charge in [0.1, 0.15) is 0 Å². The van der Waals surface area contributed by atoms with Crippen molar-refractivity contribution in [1.82, 2.24) is 4.98 Å². The molecular weight excluding hydrogens is 432 g/mol. The monoisotopic (exact) mass is 460 g/mol. The first-order valence-corrected chi connectivity index (χ1v) is 10.9. The van der Waals surface area contributed by atoms with Crippen molar-refractivity contribution in [3.63, 3.8) is 0 Å². The molecule has 29 heavy (non-hydrogen) atoms. The summed E-state index contributed by atoms with van der Waals surface area (Å²) >= 11 is 3.66. The summed E-state index contributed by atoms with van der Waals surface area (Å²) in [6.07, 6.45) is 0.388. The molecule has 0 aliphatic carbocycles. The molecule has 0 bridgehead atoms. The summed E-state index contributed by atoms with van der Waals surface area (Å²) in [7, 11) is 0. The van der Waals surface area contributed by atoms with Crippen molar-refractivity contribution in [2.24, 2.45) is 0 Å². The largest absolute Gasteiger partial charge is 0.461 e. The van der Waals surface area contributed by atoms with Crippen LogP contribution in [0.5, 0.6) is 0 Å². The Morgan fingerprint density at radius 1 is 1.17 bits per heavy atom. The Morgan fingerprint density at radius 2 is 1.79 bits per heavy atom. The molecule has 1 unspecified atom stereocenters. The number of rotatable bonds is 5. The van der Waals surface area contributed by atoms with Crippen LogP contribution in [0.3, 0.4) is 0 Å². The van der Waals surface area contributed by atoms with E-state index in [1.54, 1.807) is 13.8 Å². The van der Waals surface area contributed by atoms with Crippen molar-refractivity contribution in [1.29, 1.82) is 0 Å². The summed E-state index contributed by atoms with van der Waals surface area (Å²) in [6, 6.07) is 10.6. The van der Waals surface area contributed by atoms with Crippen molar-refractivity contribution in [2.45, 2.75) is 58.7 Å². The number of carbonyl (C=O) groups excluding carboxylic acids is 1. The van der Waals surface area contributed by atoms with Gasteiger partial charge in [-0.1, -0.05) is 30.3 Å². The van der Waals surface area contributed by atoms with Crippen LogP contribution in [-0.4, -0.2) is 35.3 Å². The number of halogens is 1. The molecule has 2 heterocycles. The normalized spacial score (nSPS) is 16.2. The van der Waals surface area contributed by atoms with Gasteiger partial charge in [-0.3, -0.25) is 4.98 Å². The summed E-state index contributed by atoms with van der Waals surface area (Å²) in [5.41, 5.74) is 4.25. The van der Waals surface area contributed by atoms with Gasteiger partial charge in [-0.05, 0) is 67.9 Å². The highest BCUT2D eigenvalue weighted by molar-refractivity contribution is 9.10. The first kappa shape index (κ1) is 21.8. The zero-order chi connectivity index (χ0) is 21.1. The number of aliphatic hydroxyl groups excluding tert-OH is 1.